The maximum Gasteiger partial charge on any atom is 0.201 e. The number of ether oxygens (including phenoxy) is 1. The van der Waals surface area contributed by atoms with Gasteiger partial charge in [-0.05, 0) is 25.0 Å². The molecule has 3 rings (SSSR count). The Morgan fingerprint density at radius 1 is 1.25 bits per heavy atom. The third-order valence-corrected chi connectivity index (χ3v) is 3.97. The van der Waals surface area contributed by atoms with Crippen molar-refractivity contribution in [2.45, 2.75) is 19.9 Å². The highest BCUT2D eigenvalue weighted by Crippen LogP contribution is 2.21. The van der Waals surface area contributed by atoms with Crippen molar-refractivity contribution in [3.05, 3.63) is 23.8 Å². The van der Waals surface area contributed by atoms with Crippen LogP contribution >= 0.6 is 0 Å². The normalized spacial score (nSPS) is 16.9. The van der Waals surface area contributed by atoms with Crippen LogP contribution in [0.4, 0.5) is 5.95 Å². The number of aryl methyl sites for hydroxylation is 2. The number of rotatable bonds is 4. The number of para-hydroxylation sites is 1. The Morgan fingerprint density at radius 3 is 2.85 bits per heavy atom. The van der Waals surface area contributed by atoms with E-state index in [0.29, 0.717) is 5.95 Å². The van der Waals surface area contributed by atoms with Gasteiger partial charge in [-0.15, -0.1) is 0 Å². The lowest BCUT2D eigenvalue weighted by Gasteiger charge is -2.26. The lowest BCUT2D eigenvalue weighted by Crippen LogP contribution is -2.37. The second-order valence-corrected chi connectivity index (χ2v) is 5.37. The summed E-state index contributed by atoms with van der Waals surface area (Å²) in [4.78, 5) is 6.93. The third kappa shape index (κ3) is 2.64. The summed E-state index contributed by atoms with van der Waals surface area (Å²) in [5.41, 5.74) is 9.41. The molecule has 0 radical (unpaired) electrons. The van der Waals surface area contributed by atoms with Crippen molar-refractivity contribution in [2.24, 2.45) is 0 Å². The first kappa shape index (κ1) is 13.4. The van der Waals surface area contributed by atoms with E-state index in [9.17, 15) is 0 Å². The first-order valence-electron chi connectivity index (χ1n) is 7.27. The molecule has 2 heterocycles. The molecule has 0 unspecified atom stereocenters. The highest BCUT2D eigenvalue weighted by Gasteiger charge is 2.12. The molecule has 0 atom stereocenters. The molecule has 1 aromatic heterocycles. The van der Waals surface area contributed by atoms with Gasteiger partial charge in [0.15, 0.2) is 0 Å². The zero-order chi connectivity index (χ0) is 13.9. The summed E-state index contributed by atoms with van der Waals surface area (Å²) < 4.78 is 7.49. The van der Waals surface area contributed by atoms with E-state index in [0.717, 1.165) is 56.8 Å². The van der Waals surface area contributed by atoms with Crippen LogP contribution in [0.3, 0.4) is 0 Å². The van der Waals surface area contributed by atoms with E-state index < -0.39 is 0 Å². The predicted molar refractivity (Wildman–Crippen MR) is 80.8 cm³/mol. The topological polar surface area (TPSA) is 56.3 Å². The monoisotopic (exact) mass is 274 g/mol. The van der Waals surface area contributed by atoms with Crippen LogP contribution in [0.25, 0.3) is 11.0 Å². The predicted octanol–water partition coefficient (Wildman–Crippen LogP) is 1.65. The number of nitrogens with zero attached hydrogens (tertiary/aromatic N) is 3. The summed E-state index contributed by atoms with van der Waals surface area (Å²) in [6, 6.07) is 6.24. The summed E-state index contributed by atoms with van der Waals surface area (Å²) >= 11 is 0. The summed E-state index contributed by atoms with van der Waals surface area (Å²) in [7, 11) is 0. The van der Waals surface area contributed by atoms with E-state index in [-0.39, 0.29) is 0 Å². The van der Waals surface area contributed by atoms with Crippen LogP contribution in [0.2, 0.25) is 0 Å². The van der Waals surface area contributed by atoms with Gasteiger partial charge in [0.1, 0.15) is 0 Å². The number of aromatic nitrogens is 2. The number of hydrogen-bond donors (Lipinski definition) is 1. The van der Waals surface area contributed by atoms with Crippen LogP contribution in [-0.2, 0) is 11.3 Å². The molecule has 0 saturated carbocycles. The molecule has 0 bridgehead atoms. The van der Waals surface area contributed by atoms with Gasteiger partial charge in [-0.2, -0.15) is 0 Å². The number of benzene rings is 1. The molecule has 0 spiro atoms. The van der Waals surface area contributed by atoms with Crippen molar-refractivity contribution in [3.63, 3.8) is 0 Å². The Morgan fingerprint density at radius 2 is 2.05 bits per heavy atom. The zero-order valence-corrected chi connectivity index (χ0v) is 12.0. The smallest absolute Gasteiger partial charge is 0.201 e. The number of hydrogen-bond acceptors (Lipinski definition) is 4. The minimum atomic E-state index is 0.622. The van der Waals surface area contributed by atoms with Gasteiger partial charge < -0.3 is 15.0 Å². The second kappa shape index (κ2) is 5.81. The Bertz CT molecular complexity index is 587. The highest BCUT2D eigenvalue weighted by atomic mass is 16.5. The van der Waals surface area contributed by atoms with Gasteiger partial charge in [0.05, 0.1) is 24.2 Å². The average Bonchev–Trinajstić information content (AvgIpc) is 2.78. The number of imidazole rings is 1. The molecule has 20 heavy (non-hydrogen) atoms. The van der Waals surface area contributed by atoms with Crippen LogP contribution in [0.1, 0.15) is 12.0 Å². The van der Waals surface area contributed by atoms with Crippen molar-refractivity contribution in [3.8, 4) is 0 Å². The van der Waals surface area contributed by atoms with Crippen molar-refractivity contribution in [1.29, 1.82) is 0 Å². The molecule has 0 amide bonds. The maximum absolute atomic E-state index is 6.06. The van der Waals surface area contributed by atoms with Crippen LogP contribution in [0.15, 0.2) is 18.2 Å². The number of nitrogens with two attached hydrogens (primary N) is 1. The first-order valence-corrected chi connectivity index (χ1v) is 7.27. The Labute approximate surface area is 119 Å². The van der Waals surface area contributed by atoms with Crippen molar-refractivity contribution in [1.82, 2.24) is 14.5 Å². The van der Waals surface area contributed by atoms with E-state index in [2.05, 4.69) is 39.6 Å². The molecule has 1 aliphatic rings. The third-order valence-electron chi connectivity index (χ3n) is 3.97. The van der Waals surface area contributed by atoms with Gasteiger partial charge in [-0.25, -0.2) is 4.98 Å². The molecule has 2 N–H and O–H groups in total. The van der Waals surface area contributed by atoms with Crippen molar-refractivity contribution < 1.29 is 4.74 Å². The largest absolute Gasteiger partial charge is 0.379 e. The van der Waals surface area contributed by atoms with Gasteiger partial charge in [0.25, 0.3) is 0 Å². The summed E-state index contributed by atoms with van der Waals surface area (Å²) in [5, 5.41) is 0. The minimum Gasteiger partial charge on any atom is -0.379 e. The number of morpholine rings is 1. The molecule has 2 aromatic rings. The van der Waals surface area contributed by atoms with Crippen molar-refractivity contribution >= 4 is 17.0 Å². The van der Waals surface area contributed by atoms with E-state index in [1.807, 2.05) is 0 Å². The zero-order valence-electron chi connectivity index (χ0n) is 12.0. The second-order valence-electron chi connectivity index (χ2n) is 5.37. The lowest BCUT2D eigenvalue weighted by molar-refractivity contribution is 0.0370. The van der Waals surface area contributed by atoms with E-state index in [1.54, 1.807) is 0 Å². The van der Waals surface area contributed by atoms with Crippen molar-refractivity contribution in [2.75, 3.05) is 38.6 Å². The molecule has 5 nitrogen and oxygen atoms in total. The minimum absolute atomic E-state index is 0.622. The highest BCUT2D eigenvalue weighted by molar-refractivity contribution is 5.81. The maximum atomic E-state index is 6.06. The van der Waals surface area contributed by atoms with E-state index in [4.69, 9.17) is 10.5 Å². The Kier molecular flexibility index (Phi) is 3.89. The Hall–Kier alpha value is -1.59. The van der Waals surface area contributed by atoms with Gasteiger partial charge in [-0.1, -0.05) is 12.1 Å². The standard InChI is InChI=1S/C15H22N4O/c1-12-4-2-5-13-14(12)17-15(16)19(13)7-3-6-18-8-10-20-11-9-18/h2,4-5H,3,6-11H2,1H3,(H2,16,17). The van der Waals surface area contributed by atoms with Crippen LogP contribution < -0.4 is 5.73 Å². The van der Waals surface area contributed by atoms with Gasteiger partial charge in [0, 0.05) is 26.2 Å². The number of nitrogen functional groups attached to an aromatic ring is 1. The molecule has 1 saturated heterocycles. The van der Waals surface area contributed by atoms with E-state index >= 15 is 0 Å². The molecule has 1 aromatic carbocycles. The fourth-order valence-electron chi connectivity index (χ4n) is 2.82. The SMILES string of the molecule is Cc1cccc2c1nc(N)n2CCCN1CCOCC1. The molecule has 108 valence electrons. The van der Waals surface area contributed by atoms with Gasteiger partial charge in [-0.3, -0.25) is 4.90 Å². The molecular weight excluding hydrogens is 252 g/mol. The summed E-state index contributed by atoms with van der Waals surface area (Å²) in [6.45, 7) is 7.88. The molecular formula is C15H22N4O. The molecule has 1 aliphatic heterocycles. The van der Waals surface area contributed by atoms with Gasteiger partial charge >= 0.3 is 0 Å². The van der Waals surface area contributed by atoms with Crippen LogP contribution in [0, 0.1) is 6.92 Å². The fourth-order valence-corrected chi connectivity index (χ4v) is 2.82. The van der Waals surface area contributed by atoms with E-state index in [1.165, 1.54) is 5.56 Å². The lowest BCUT2D eigenvalue weighted by atomic mass is 10.2. The number of fused-ring (bicyclic) bond motifs is 1. The molecule has 5 heteroatoms. The molecule has 1 fully saturated rings. The number of anilines is 1. The summed E-state index contributed by atoms with van der Waals surface area (Å²) in [6.07, 6.45) is 1.09. The van der Waals surface area contributed by atoms with Crippen LogP contribution in [0.5, 0.6) is 0 Å². The first-order chi connectivity index (χ1) is 9.75. The van der Waals surface area contributed by atoms with Gasteiger partial charge in [0.2, 0.25) is 5.95 Å². The fraction of sp³-hybridized carbons (Fsp3) is 0.533. The molecule has 0 aliphatic carbocycles. The quantitative estimate of drug-likeness (QED) is 0.921. The van der Waals surface area contributed by atoms with Crippen LogP contribution in [-0.4, -0.2) is 47.3 Å². The average molecular weight is 274 g/mol. The summed E-state index contributed by atoms with van der Waals surface area (Å²) in [5.74, 6) is 0.622. The Balaban J connectivity index is 1.68.